The summed E-state index contributed by atoms with van der Waals surface area (Å²) in [5.74, 6) is 0. The van der Waals surface area contributed by atoms with Crippen molar-refractivity contribution in [3.63, 3.8) is 0 Å². The van der Waals surface area contributed by atoms with Crippen LogP contribution in [0.15, 0.2) is 36.6 Å². The molecule has 2 heteroatoms. The number of hydrogen-bond donors (Lipinski definition) is 0. The zero-order valence-corrected chi connectivity index (χ0v) is 11.3. The first-order valence-electron chi connectivity index (χ1n) is 6.61. The van der Waals surface area contributed by atoms with E-state index >= 15 is 0 Å². The highest BCUT2D eigenvalue weighted by Gasteiger charge is 2.28. The zero-order valence-electron chi connectivity index (χ0n) is 11.3. The molecular weight excluding hydrogens is 224 g/mol. The van der Waals surface area contributed by atoms with Crippen LogP contribution in [-0.2, 0) is 9.47 Å². The lowest BCUT2D eigenvalue weighted by molar-refractivity contribution is -0.0303. The zero-order chi connectivity index (χ0) is 12.8. The number of ether oxygens (including phenoxy) is 2. The van der Waals surface area contributed by atoms with Gasteiger partial charge in [-0.15, -0.1) is 0 Å². The Bertz CT molecular complexity index is 389. The van der Waals surface area contributed by atoms with Crippen molar-refractivity contribution in [3.05, 3.63) is 42.2 Å². The van der Waals surface area contributed by atoms with Crippen LogP contribution in [0.5, 0.6) is 0 Å². The largest absolute Gasteiger partial charge is 0.500 e. The first-order chi connectivity index (χ1) is 8.70. The summed E-state index contributed by atoms with van der Waals surface area (Å²) in [5.41, 5.74) is 2.55. The fraction of sp³-hybridized carbons (Fsp3) is 0.500. The van der Waals surface area contributed by atoms with Crippen molar-refractivity contribution in [2.45, 2.75) is 26.7 Å². The Balaban J connectivity index is 1.87. The van der Waals surface area contributed by atoms with Crippen molar-refractivity contribution < 1.29 is 9.47 Å². The highest BCUT2D eigenvalue weighted by atomic mass is 16.5. The molecule has 2 rings (SSSR count). The summed E-state index contributed by atoms with van der Waals surface area (Å²) >= 11 is 0. The molecule has 1 saturated heterocycles. The van der Waals surface area contributed by atoms with Gasteiger partial charge in [-0.2, -0.15) is 0 Å². The van der Waals surface area contributed by atoms with E-state index in [9.17, 15) is 0 Å². The molecule has 0 aliphatic carbocycles. The van der Waals surface area contributed by atoms with Crippen molar-refractivity contribution in [1.82, 2.24) is 0 Å². The quantitative estimate of drug-likeness (QED) is 0.751. The predicted octanol–water partition coefficient (Wildman–Crippen LogP) is 3.88. The third-order valence-electron chi connectivity index (χ3n) is 3.44. The van der Waals surface area contributed by atoms with Crippen LogP contribution in [0.2, 0.25) is 0 Å². The Labute approximate surface area is 110 Å². The summed E-state index contributed by atoms with van der Waals surface area (Å²) in [4.78, 5) is 0. The summed E-state index contributed by atoms with van der Waals surface area (Å²) in [6.07, 6.45) is 4.20. The molecule has 0 N–H and O–H groups in total. The molecule has 98 valence electrons. The van der Waals surface area contributed by atoms with E-state index in [2.05, 4.69) is 26.0 Å². The van der Waals surface area contributed by atoms with E-state index in [-0.39, 0.29) is 5.41 Å². The lowest BCUT2D eigenvalue weighted by Crippen LogP contribution is -2.32. The second-order valence-electron chi connectivity index (χ2n) is 5.44. The Kier molecular flexibility index (Phi) is 4.43. The summed E-state index contributed by atoms with van der Waals surface area (Å²) in [5, 5.41) is 0. The minimum Gasteiger partial charge on any atom is -0.500 e. The molecule has 0 radical (unpaired) electrons. The second kappa shape index (κ2) is 6.05. The maximum Gasteiger partial charge on any atom is 0.0949 e. The van der Waals surface area contributed by atoms with Gasteiger partial charge >= 0.3 is 0 Å². The highest BCUT2D eigenvalue weighted by Crippen LogP contribution is 2.28. The van der Waals surface area contributed by atoms with Gasteiger partial charge in [0, 0.05) is 12.0 Å². The molecular formula is C16H22O2. The Morgan fingerprint density at radius 1 is 1.39 bits per heavy atom. The Morgan fingerprint density at radius 2 is 2.17 bits per heavy atom. The highest BCUT2D eigenvalue weighted by molar-refractivity contribution is 5.62. The summed E-state index contributed by atoms with van der Waals surface area (Å²) < 4.78 is 11.3. The molecule has 1 fully saturated rings. The lowest BCUT2D eigenvalue weighted by Gasteiger charge is -2.32. The third kappa shape index (κ3) is 3.61. The van der Waals surface area contributed by atoms with Gasteiger partial charge in [-0.1, -0.05) is 37.3 Å². The van der Waals surface area contributed by atoms with E-state index in [0.29, 0.717) is 0 Å². The number of hydrogen-bond acceptors (Lipinski definition) is 2. The molecule has 0 bridgehead atoms. The summed E-state index contributed by atoms with van der Waals surface area (Å²) in [7, 11) is 0. The first kappa shape index (κ1) is 13.2. The minimum atomic E-state index is 0.172. The number of rotatable bonds is 4. The van der Waals surface area contributed by atoms with Gasteiger partial charge < -0.3 is 9.47 Å². The SMILES string of the molecule is C/C(=C/OCC1(C)CCCOC1)c1ccccc1. The van der Waals surface area contributed by atoms with Gasteiger partial charge in [-0.25, -0.2) is 0 Å². The van der Waals surface area contributed by atoms with Gasteiger partial charge in [0.25, 0.3) is 0 Å². The van der Waals surface area contributed by atoms with Crippen LogP contribution in [0, 0.1) is 5.41 Å². The molecule has 1 atom stereocenters. The Morgan fingerprint density at radius 3 is 2.83 bits per heavy atom. The van der Waals surface area contributed by atoms with E-state index in [1.165, 1.54) is 12.0 Å². The molecule has 1 aromatic carbocycles. The van der Waals surface area contributed by atoms with Crippen LogP contribution >= 0.6 is 0 Å². The first-order valence-corrected chi connectivity index (χ1v) is 6.61. The van der Waals surface area contributed by atoms with E-state index in [4.69, 9.17) is 9.47 Å². The maximum atomic E-state index is 5.75. The van der Waals surface area contributed by atoms with Crippen molar-refractivity contribution in [3.8, 4) is 0 Å². The average Bonchev–Trinajstić information content (AvgIpc) is 2.40. The number of allylic oxidation sites excluding steroid dienone is 1. The van der Waals surface area contributed by atoms with Crippen molar-refractivity contribution in [1.29, 1.82) is 0 Å². The maximum absolute atomic E-state index is 5.75. The van der Waals surface area contributed by atoms with Crippen LogP contribution in [0.25, 0.3) is 5.57 Å². The minimum absolute atomic E-state index is 0.172. The molecule has 0 saturated carbocycles. The van der Waals surface area contributed by atoms with Crippen LogP contribution < -0.4 is 0 Å². The van der Waals surface area contributed by atoms with Crippen molar-refractivity contribution in [2.75, 3.05) is 19.8 Å². The molecule has 1 aromatic rings. The van der Waals surface area contributed by atoms with Crippen molar-refractivity contribution >= 4 is 5.57 Å². The molecule has 0 spiro atoms. The summed E-state index contributed by atoms with van der Waals surface area (Å²) in [6, 6.07) is 10.3. The van der Waals surface area contributed by atoms with Crippen molar-refractivity contribution in [2.24, 2.45) is 5.41 Å². The molecule has 18 heavy (non-hydrogen) atoms. The van der Waals surface area contributed by atoms with Gasteiger partial charge in [0.2, 0.25) is 0 Å². The standard InChI is InChI=1S/C16H22O2/c1-14(15-7-4-3-5-8-15)11-18-13-16(2)9-6-10-17-12-16/h3-5,7-8,11H,6,9-10,12-13H2,1-2H3/b14-11-. The van der Waals surface area contributed by atoms with E-state index in [0.717, 1.165) is 31.8 Å². The predicted molar refractivity (Wildman–Crippen MR) is 74.2 cm³/mol. The van der Waals surface area contributed by atoms with Crippen LogP contribution in [0.3, 0.4) is 0 Å². The lowest BCUT2D eigenvalue weighted by atomic mass is 9.86. The normalized spacial score (nSPS) is 24.9. The van der Waals surface area contributed by atoms with Gasteiger partial charge in [-0.3, -0.25) is 0 Å². The smallest absolute Gasteiger partial charge is 0.0949 e. The average molecular weight is 246 g/mol. The number of benzene rings is 1. The van der Waals surface area contributed by atoms with Crippen LogP contribution in [0.1, 0.15) is 32.3 Å². The monoisotopic (exact) mass is 246 g/mol. The van der Waals surface area contributed by atoms with Gasteiger partial charge in [0.05, 0.1) is 19.5 Å². The van der Waals surface area contributed by atoms with E-state index in [1.807, 2.05) is 24.5 Å². The van der Waals surface area contributed by atoms with E-state index in [1.54, 1.807) is 0 Å². The van der Waals surface area contributed by atoms with Crippen LogP contribution in [-0.4, -0.2) is 19.8 Å². The molecule has 0 aromatic heterocycles. The molecule has 0 amide bonds. The van der Waals surface area contributed by atoms with E-state index < -0.39 is 0 Å². The molecule has 1 unspecified atom stereocenters. The third-order valence-corrected chi connectivity index (χ3v) is 3.44. The molecule has 1 aliphatic rings. The van der Waals surface area contributed by atoms with Gasteiger partial charge in [0.1, 0.15) is 0 Å². The fourth-order valence-corrected chi connectivity index (χ4v) is 2.24. The topological polar surface area (TPSA) is 18.5 Å². The van der Waals surface area contributed by atoms with Crippen LogP contribution in [0.4, 0.5) is 0 Å². The van der Waals surface area contributed by atoms with Gasteiger partial charge in [0.15, 0.2) is 0 Å². The van der Waals surface area contributed by atoms with Gasteiger partial charge in [-0.05, 0) is 30.9 Å². The molecule has 1 heterocycles. The fourth-order valence-electron chi connectivity index (χ4n) is 2.24. The Hall–Kier alpha value is -1.28. The molecule has 2 nitrogen and oxygen atoms in total. The second-order valence-corrected chi connectivity index (χ2v) is 5.44. The molecule has 1 aliphatic heterocycles. The summed E-state index contributed by atoms with van der Waals surface area (Å²) in [6.45, 7) is 6.75.